The van der Waals surface area contributed by atoms with Crippen molar-refractivity contribution in [3.63, 3.8) is 0 Å². The topological polar surface area (TPSA) is 0 Å². The highest BCUT2D eigenvalue weighted by molar-refractivity contribution is 8.05. The van der Waals surface area contributed by atoms with Crippen LogP contribution < -0.4 is 0 Å². The van der Waals surface area contributed by atoms with Gasteiger partial charge in [0.15, 0.2) is 0 Å². The molecule has 80 valence electrons. The summed E-state index contributed by atoms with van der Waals surface area (Å²) in [4.78, 5) is 5.55. The van der Waals surface area contributed by atoms with E-state index in [9.17, 15) is 0 Å². The fourth-order valence-corrected chi connectivity index (χ4v) is 4.17. The van der Waals surface area contributed by atoms with Gasteiger partial charge in [-0.05, 0) is 49.2 Å². The van der Waals surface area contributed by atoms with Gasteiger partial charge in [-0.2, -0.15) is 0 Å². The molecule has 0 radical (unpaired) electrons. The predicted octanol–water partition coefficient (Wildman–Crippen LogP) is 4.92. The van der Waals surface area contributed by atoms with Crippen LogP contribution in [0.3, 0.4) is 0 Å². The molecule has 0 spiro atoms. The monoisotopic (exact) mass is 244 g/mol. The molecule has 0 saturated carbocycles. The molecule has 0 N–H and O–H groups in total. The molecule has 0 amide bonds. The predicted molar refractivity (Wildman–Crippen MR) is 70.6 cm³/mol. The summed E-state index contributed by atoms with van der Waals surface area (Å²) in [6.45, 7) is 4.36. The first kappa shape index (κ1) is 10.3. The normalized spacial score (nSPS) is 13.1. The van der Waals surface area contributed by atoms with Gasteiger partial charge in [0.05, 0.1) is 0 Å². The Hall–Kier alpha value is -0.860. The Bertz CT molecular complexity index is 509. The lowest BCUT2D eigenvalue weighted by molar-refractivity contribution is 1.12. The van der Waals surface area contributed by atoms with Gasteiger partial charge < -0.3 is 0 Å². The molecule has 2 heteroatoms. The molecule has 1 heterocycles. The summed E-state index contributed by atoms with van der Waals surface area (Å²) in [6, 6.07) is 13.2. The Morgan fingerprint density at radius 1 is 0.688 bits per heavy atom. The van der Waals surface area contributed by atoms with Crippen LogP contribution in [0.25, 0.3) is 0 Å². The summed E-state index contributed by atoms with van der Waals surface area (Å²) < 4.78 is 0. The summed E-state index contributed by atoms with van der Waals surface area (Å²) >= 11 is 3.77. The summed E-state index contributed by atoms with van der Waals surface area (Å²) in [5.41, 5.74) is 2.76. The lowest BCUT2D eigenvalue weighted by Gasteiger charge is -2.19. The van der Waals surface area contributed by atoms with Gasteiger partial charge in [0, 0.05) is 19.6 Å². The zero-order valence-corrected chi connectivity index (χ0v) is 10.9. The second-order valence-corrected chi connectivity index (χ2v) is 6.20. The van der Waals surface area contributed by atoms with Gasteiger partial charge in [0.1, 0.15) is 0 Å². The third-order valence-corrected chi connectivity index (χ3v) is 5.37. The van der Waals surface area contributed by atoms with Crippen molar-refractivity contribution in [2.45, 2.75) is 33.4 Å². The average Bonchev–Trinajstić information content (AvgIpc) is 2.28. The van der Waals surface area contributed by atoms with Gasteiger partial charge in [-0.3, -0.25) is 0 Å². The van der Waals surface area contributed by atoms with Crippen LogP contribution in [0.4, 0.5) is 0 Å². The molecule has 0 bridgehead atoms. The Labute approximate surface area is 104 Å². The van der Waals surface area contributed by atoms with Crippen molar-refractivity contribution in [3.05, 3.63) is 47.5 Å². The molecule has 0 atom stereocenters. The van der Waals surface area contributed by atoms with Crippen LogP contribution in [-0.2, 0) is 0 Å². The molecular formula is C14H12S2. The average molecular weight is 244 g/mol. The van der Waals surface area contributed by atoms with Gasteiger partial charge in [0.2, 0.25) is 0 Å². The first-order valence-electron chi connectivity index (χ1n) is 5.30. The molecule has 2 aromatic carbocycles. The molecular weight excluding hydrogens is 232 g/mol. The number of hydrogen-bond donors (Lipinski definition) is 0. The number of aryl methyl sites for hydroxylation is 2. The van der Waals surface area contributed by atoms with E-state index in [2.05, 4.69) is 50.2 Å². The smallest absolute Gasteiger partial charge is 0.0265 e. The highest BCUT2D eigenvalue weighted by atomic mass is 32.2. The lowest BCUT2D eigenvalue weighted by atomic mass is 10.1. The van der Waals surface area contributed by atoms with Crippen LogP contribution in [-0.4, -0.2) is 0 Å². The van der Waals surface area contributed by atoms with E-state index >= 15 is 0 Å². The van der Waals surface area contributed by atoms with Crippen molar-refractivity contribution in [1.82, 2.24) is 0 Å². The van der Waals surface area contributed by atoms with Crippen molar-refractivity contribution in [2.75, 3.05) is 0 Å². The second kappa shape index (κ2) is 3.86. The molecule has 0 aromatic heterocycles. The van der Waals surface area contributed by atoms with E-state index in [1.54, 1.807) is 0 Å². The summed E-state index contributed by atoms with van der Waals surface area (Å²) in [7, 11) is 0. The van der Waals surface area contributed by atoms with Crippen LogP contribution >= 0.6 is 23.5 Å². The van der Waals surface area contributed by atoms with Crippen LogP contribution in [0.1, 0.15) is 11.1 Å². The minimum Gasteiger partial charge on any atom is -0.0877 e. The van der Waals surface area contributed by atoms with Crippen LogP contribution in [0.15, 0.2) is 56.0 Å². The zero-order chi connectivity index (χ0) is 11.1. The SMILES string of the molecule is Cc1cc2c(cc1C)Sc1ccccc1S2. The molecule has 2 aromatic rings. The van der Waals surface area contributed by atoms with Crippen LogP contribution in [0.2, 0.25) is 0 Å². The maximum absolute atomic E-state index is 2.30. The van der Waals surface area contributed by atoms with Crippen molar-refractivity contribution < 1.29 is 0 Å². The summed E-state index contributed by atoms with van der Waals surface area (Å²) in [5.74, 6) is 0. The third-order valence-electron chi connectivity index (χ3n) is 2.85. The molecule has 0 unspecified atom stereocenters. The van der Waals surface area contributed by atoms with E-state index in [-0.39, 0.29) is 0 Å². The van der Waals surface area contributed by atoms with E-state index < -0.39 is 0 Å². The van der Waals surface area contributed by atoms with E-state index in [0.29, 0.717) is 0 Å². The van der Waals surface area contributed by atoms with E-state index in [1.807, 2.05) is 23.5 Å². The van der Waals surface area contributed by atoms with Crippen molar-refractivity contribution >= 4 is 23.5 Å². The van der Waals surface area contributed by atoms with Crippen LogP contribution in [0, 0.1) is 13.8 Å². The molecule has 16 heavy (non-hydrogen) atoms. The minimum atomic E-state index is 1.38. The van der Waals surface area contributed by atoms with Crippen molar-refractivity contribution in [3.8, 4) is 0 Å². The van der Waals surface area contributed by atoms with Crippen molar-refractivity contribution in [1.29, 1.82) is 0 Å². The zero-order valence-electron chi connectivity index (χ0n) is 9.28. The Morgan fingerprint density at radius 3 is 1.56 bits per heavy atom. The number of hydrogen-bond acceptors (Lipinski definition) is 2. The summed E-state index contributed by atoms with van der Waals surface area (Å²) in [6.07, 6.45) is 0. The fraction of sp³-hybridized carbons (Fsp3) is 0.143. The summed E-state index contributed by atoms with van der Waals surface area (Å²) in [5, 5.41) is 0. The lowest BCUT2D eigenvalue weighted by Crippen LogP contribution is -1.91. The van der Waals surface area contributed by atoms with Crippen molar-refractivity contribution in [2.24, 2.45) is 0 Å². The highest BCUT2D eigenvalue weighted by Crippen LogP contribution is 2.48. The Balaban J connectivity index is 2.12. The molecule has 1 aliphatic rings. The first-order valence-corrected chi connectivity index (χ1v) is 6.93. The van der Waals surface area contributed by atoms with E-state index in [0.717, 1.165) is 0 Å². The highest BCUT2D eigenvalue weighted by Gasteiger charge is 2.16. The molecule has 0 fully saturated rings. The van der Waals surface area contributed by atoms with E-state index in [4.69, 9.17) is 0 Å². The maximum atomic E-state index is 2.30. The maximum Gasteiger partial charge on any atom is 0.0265 e. The largest absolute Gasteiger partial charge is 0.0877 e. The molecule has 3 rings (SSSR count). The molecule has 0 saturated heterocycles. The van der Waals surface area contributed by atoms with Gasteiger partial charge in [-0.25, -0.2) is 0 Å². The van der Waals surface area contributed by atoms with Gasteiger partial charge in [-0.15, -0.1) is 0 Å². The number of fused-ring (bicyclic) bond motifs is 2. The Kier molecular flexibility index (Phi) is 2.49. The Morgan fingerprint density at radius 2 is 1.12 bits per heavy atom. The standard InChI is InChI=1S/C14H12S2/c1-9-7-13-14(8-10(9)2)16-12-6-4-3-5-11(12)15-13/h3-8H,1-2H3. The first-order chi connectivity index (χ1) is 7.74. The molecule has 1 aliphatic heterocycles. The quantitative estimate of drug-likeness (QED) is 0.550. The second-order valence-electron chi connectivity index (χ2n) is 4.03. The molecule has 0 aliphatic carbocycles. The third kappa shape index (κ3) is 1.66. The molecule has 0 nitrogen and oxygen atoms in total. The number of benzene rings is 2. The van der Waals surface area contributed by atoms with Gasteiger partial charge in [-0.1, -0.05) is 35.7 Å². The van der Waals surface area contributed by atoms with Gasteiger partial charge in [0.25, 0.3) is 0 Å². The van der Waals surface area contributed by atoms with Gasteiger partial charge >= 0.3 is 0 Å². The van der Waals surface area contributed by atoms with E-state index in [1.165, 1.54) is 30.7 Å². The van der Waals surface area contributed by atoms with Crippen LogP contribution in [0.5, 0.6) is 0 Å². The fourth-order valence-electron chi connectivity index (χ4n) is 1.78. The number of rotatable bonds is 0. The minimum absolute atomic E-state index is 1.38.